The first-order chi connectivity index (χ1) is 10.2. The van der Waals surface area contributed by atoms with Crippen LogP contribution in [-0.2, 0) is 14.8 Å². The van der Waals surface area contributed by atoms with Crippen LogP contribution in [0.5, 0.6) is 0 Å². The third-order valence-corrected chi connectivity index (χ3v) is 5.04. The highest BCUT2D eigenvalue weighted by Crippen LogP contribution is 2.32. The summed E-state index contributed by atoms with van der Waals surface area (Å²) in [6, 6.07) is 5.35. The summed E-state index contributed by atoms with van der Waals surface area (Å²) in [5.74, 6) is -0.768. The predicted molar refractivity (Wildman–Crippen MR) is 79.0 cm³/mol. The van der Waals surface area contributed by atoms with Crippen molar-refractivity contribution in [2.24, 2.45) is 0 Å². The maximum absolute atomic E-state index is 13.0. The minimum absolute atomic E-state index is 0.137. The average Bonchev–Trinajstić information content (AvgIpc) is 2.80. The van der Waals surface area contributed by atoms with E-state index in [1.54, 1.807) is 12.1 Å². The minimum Gasteiger partial charge on any atom is -0.391 e. The lowest BCUT2D eigenvalue weighted by atomic mass is 10.0. The largest absolute Gasteiger partial charge is 0.391 e. The van der Waals surface area contributed by atoms with Crippen molar-refractivity contribution >= 4 is 15.9 Å². The lowest BCUT2D eigenvalue weighted by molar-refractivity contribution is -0.132. The zero-order valence-electron chi connectivity index (χ0n) is 12.4. The molecule has 22 heavy (non-hydrogen) atoms. The fourth-order valence-electron chi connectivity index (χ4n) is 2.49. The lowest BCUT2D eigenvalue weighted by Crippen LogP contribution is -2.41. The number of benzene rings is 1. The molecule has 2 rings (SSSR count). The number of β-amino-alcohol motifs (C(OH)–C–C–N with tert-alkyl or cyclic N) is 1. The van der Waals surface area contributed by atoms with E-state index in [0.717, 1.165) is 10.6 Å². The normalized spacial score (nSPS) is 22.3. The number of likely N-dealkylation sites (tertiary alicyclic amines) is 1. The first kappa shape index (κ1) is 16.9. The third kappa shape index (κ3) is 3.82. The Morgan fingerprint density at radius 3 is 2.55 bits per heavy atom. The van der Waals surface area contributed by atoms with E-state index in [1.807, 2.05) is 0 Å². The van der Waals surface area contributed by atoms with E-state index in [9.17, 15) is 22.7 Å². The van der Waals surface area contributed by atoms with Crippen LogP contribution in [0.3, 0.4) is 0 Å². The number of aliphatic hydroxyl groups excluding tert-OH is 1. The van der Waals surface area contributed by atoms with E-state index in [0.29, 0.717) is 12.0 Å². The van der Waals surface area contributed by atoms with Crippen LogP contribution in [0.4, 0.5) is 4.39 Å². The number of carbonyl (C=O) groups excluding carboxylic acids is 1. The average molecular weight is 330 g/mol. The molecule has 122 valence electrons. The van der Waals surface area contributed by atoms with Gasteiger partial charge in [0.25, 0.3) is 0 Å². The summed E-state index contributed by atoms with van der Waals surface area (Å²) in [7, 11) is -2.13. The van der Waals surface area contributed by atoms with Crippen molar-refractivity contribution in [3.05, 3.63) is 35.6 Å². The summed E-state index contributed by atoms with van der Waals surface area (Å²) in [5.41, 5.74) is 0.716. The summed E-state index contributed by atoms with van der Waals surface area (Å²) in [4.78, 5) is 13.8. The van der Waals surface area contributed by atoms with Crippen LogP contribution in [0.2, 0.25) is 0 Å². The number of sulfonamides is 1. The predicted octanol–water partition coefficient (Wildman–Crippen LogP) is 0.351. The van der Waals surface area contributed by atoms with Crippen molar-refractivity contribution in [3.8, 4) is 0 Å². The summed E-state index contributed by atoms with van der Waals surface area (Å²) in [5, 5.41) is 9.83. The molecule has 1 aromatic carbocycles. The topological polar surface area (TPSA) is 77.9 Å². The number of hydrogen-bond acceptors (Lipinski definition) is 4. The number of halogens is 1. The maximum Gasteiger partial charge on any atom is 0.238 e. The molecule has 1 aliphatic rings. The van der Waals surface area contributed by atoms with Gasteiger partial charge in [-0.2, -0.15) is 4.31 Å². The summed E-state index contributed by atoms with van der Waals surface area (Å²) in [6.07, 6.45) is 0.693. The Hall–Kier alpha value is -1.51. The molecule has 1 amide bonds. The van der Waals surface area contributed by atoms with E-state index in [2.05, 4.69) is 0 Å². The van der Waals surface area contributed by atoms with Crippen molar-refractivity contribution in [3.63, 3.8) is 0 Å². The van der Waals surface area contributed by atoms with E-state index < -0.39 is 16.1 Å². The van der Waals surface area contributed by atoms with Crippen LogP contribution in [0.15, 0.2) is 24.3 Å². The molecule has 1 heterocycles. The second-order valence-corrected chi connectivity index (χ2v) is 7.61. The van der Waals surface area contributed by atoms with E-state index in [-0.39, 0.29) is 30.9 Å². The van der Waals surface area contributed by atoms with Crippen LogP contribution in [-0.4, -0.2) is 61.1 Å². The first-order valence-corrected chi connectivity index (χ1v) is 8.67. The number of aliphatic hydroxyl groups is 1. The van der Waals surface area contributed by atoms with Gasteiger partial charge in [-0.15, -0.1) is 0 Å². The van der Waals surface area contributed by atoms with E-state index >= 15 is 0 Å². The molecule has 1 aliphatic heterocycles. The Labute approximate surface area is 129 Å². The van der Waals surface area contributed by atoms with Crippen molar-refractivity contribution in [1.29, 1.82) is 0 Å². The number of nitrogens with zero attached hydrogens (tertiary/aromatic N) is 2. The Balaban J connectivity index is 2.17. The van der Waals surface area contributed by atoms with Gasteiger partial charge in [0.2, 0.25) is 15.9 Å². The van der Waals surface area contributed by atoms with Gasteiger partial charge in [0.1, 0.15) is 5.82 Å². The van der Waals surface area contributed by atoms with Gasteiger partial charge in [-0.3, -0.25) is 4.79 Å². The van der Waals surface area contributed by atoms with Crippen molar-refractivity contribution in [2.45, 2.75) is 18.6 Å². The molecule has 6 nitrogen and oxygen atoms in total. The Morgan fingerprint density at radius 2 is 2.00 bits per heavy atom. The molecule has 0 bridgehead atoms. The zero-order chi connectivity index (χ0) is 16.5. The molecule has 0 radical (unpaired) electrons. The second-order valence-electron chi connectivity index (χ2n) is 5.52. The number of carbonyl (C=O) groups is 1. The smallest absolute Gasteiger partial charge is 0.238 e. The Bertz CT molecular complexity index is 647. The van der Waals surface area contributed by atoms with Crippen LogP contribution in [0.1, 0.15) is 18.0 Å². The molecule has 1 N–H and O–H groups in total. The summed E-state index contributed by atoms with van der Waals surface area (Å²) in [6.45, 7) is -0.151. The maximum atomic E-state index is 13.0. The van der Waals surface area contributed by atoms with Gasteiger partial charge in [0.05, 0.1) is 24.9 Å². The van der Waals surface area contributed by atoms with Crippen molar-refractivity contribution < 1.29 is 22.7 Å². The van der Waals surface area contributed by atoms with Gasteiger partial charge >= 0.3 is 0 Å². The third-order valence-electron chi connectivity index (χ3n) is 3.78. The van der Waals surface area contributed by atoms with E-state index in [1.165, 1.54) is 24.1 Å². The van der Waals surface area contributed by atoms with Gasteiger partial charge in [0, 0.05) is 13.6 Å². The molecular weight excluding hydrogens is 311 g/mol. The van der Waals surface area contributed by atoms with E-state index in [4.69, 9.17) is 0 Å². The molecule has 0 aliphatic carbocycles. The number of rotatable bonds is 4. The molecule has 1 aromatic rings. The number of amides is 1. The van der Waals surface area contributed by atoms with Crippen LogP contribution in [0.25, 0.3) is 0 Å². The molecule has 2 atom stereocenters. The molecule has 0 spiro atoms. The quantitative estimate of drug-likeness (QED) is 0.864. The Kier molecular flexibility index (Phi) is 4.84. The first-order valence-electron chi connectivity index (χ1n) is 6.83. The fraction of sp³-hybridized carbons (Fsp3) is 0.500. The second kappa shape index (κ2) is 6.31. The molecular formula is C14H19FN2O4S. The SMILES string of the molecule is CN(CC(=O)N1C[C@@H](O)C[C@@H]1c1ccc(F)cc1)S(C)(=O)=O. The highest BCUT2D eigenvalue weighted by molar-refractivity contribution is 7.88. The van der Waals surface area contributed by atoms with Gasteiger partial charge in [0.15, 0.2) is 0 Å². The van der Waals surface area contributed by atoms with Crippen molar-refractivity contribution in [2.75, 3.05) is 26.4 Å². The molecule has 1 saturated heterocycles. The number of hydrogen-bond donors (Lipinski definition) is 1. The van der Waals surface area contributed by atoms with Gasteiger partial charge < -0.3 is 10.0 Å². The molecule has 0 saturated carbocycles. The summed E-state index contributed by atoms with van der Waals surface area (Å²) < 4.78 is 36.8. The molecule has 1 fully saturated rings. The van der Waals surface area contributed by atoms with Crippen molar-refractivity contribution in [1.82, 2.24) is 9.21 Å². The molecule has 0 aromatic heterocycles. The minimum atomic E-state index is -3.45. The lowest BCUT2D eigenvalue weighted by Gasteiger charge is -2.26. The Morgan fingerprint density at radius 1 is 1.41 bits per heavy atom. The highest BCUT2D eigenvalue weighted by Gasteiger charge is 2.36. The number of likely N-dealkylation sites (N-methyl/N-ethyl adjacent to an activating group) is 1. The van der Waals surface area contributed by atoms with Crippen LogP contribution in [0, 0.1) is 5.82 Å². The summed E-state index contributed by atoms with van der Waals surface area (Å²) >= 11 is 0. The van der Waals surface area contributed by atoms with Gasteiger partial charge in [-0.25, -0.2) is 12.8 Å². The van der Waals surface area contributed by atoms with Crippen LogP contribution >= 0.6 is 0 Å². The van der Waals surface area contributed by atoms with Gasteiger partial charge in [-0.1, -0.05) is 12.1 Å². The van der Waals surface area contributed by atoms with Gasteiger partial charge in [-0.05, 0) is 24.1 Å². The molecule has 0 unspecified atom stereocenters. The fourth-order valence-corrected chi connectivity index (χ4v) is 2.83. The molecule has 8 heteroatoms. The zero-order valence-corrected chi connectivity index (χ0v) is 13.3. The monoisotopic (exact) mass is 330 g/mol. The van der Waals surface area contributed by atoms with Crippen LogP contribution < -0.4 is 0 Å². The highest BCUT2D eigenvalue weighted by atomic mass is 32.2. The standard InChI is InChI=1S/C14H19FN2O4S/c1-16(22(2,20)21)9-14(19)17-8-12(18)7-13(17)10-3-5-11(15)6-4-10/h3-6,12-13,18H,7-9H2,1-2H3/t12-,13+/m0/s1.